The first kappa shape index (κ1) is 13.7. The maximum absolute atomic E-state index is 11.3. The highest BCUT2D eigenvalue weighted by Crippen LogP contribution is 2.29. The summed E-state index contributed by atoms with van der Waals surface area (Å²) in [5, 5.41) is 3.39. The van der Waals surface area contributed by atoms with Crippen LogP contribution in [0.15, 0.2) is 18.2 Å². The van der Waals surface area contributed by atoms with Crippen LogP contribution < -0.4 is 16.8 Å². The van der Waals surface area contributed by atoms with Gasteiger partial charge in [-0.1, -0.05) is 6.07 Å². The van der Waals surface area contributed by atoms with Gasteiger partial charge in [0.25, 0.3) is 5.91 Å². The van der Waals surface area contributed by atoms with E-state index in [1.165, 1.54) is 0 Å². The molecule has 0 aliphatic carbocycles. The zero-order valence-corrected chi connectivity index (χ0v) is 11.4. The van der Waals surface area contributed by atoms with E-state index in [1.54, 1.807) is 12.1 Å². The lowest BCUT2D eigenvalue weighted by molar-refractivity contribution is -0.0553. The maximum Gasteiger partial charge on any atom is 0.250 e. The minimum Gasteiger partial charge on any atom is -0.396 e. The molecule has 1 saturated heterocycles. The summed E-state index contributed by atoms with van der Waals surface area (Å²) in [7, 11) is 0. The third-order valence-corrected chi connectivity index (χ3v) is 3.43. The maximum atomic E-state index is 11.3. The van der Waals surface area contributed by atoms with Crippen LogP contribution in [0.1, 0.15) is 37.0 Å². The molecule has 1 aromatic carbocycles. The lowest BCUT2D eigenvalue weighted by atomic mass is 9.93. The Bertz CT molecular complexity index is 486. The number of para-hydroxylation sites is 1. The molecule has 0 aromatic heterocycles. The van der Waals surface area contributed by atoms with Crippen LogP contribution in [-0.4, -0.2) is 24.2 Å². The van der Waals surface area contributed by atoms with E-state index >= 15 is 0 Å². The zero-order valence-electron chi connectivity index (χ0n) is 11.4. The Balaban J connectivity index is 2.15. The summed E-state index contributed by atoms with van der Waals surface area (Å²) in [5.41, 5.74) is 12.7. The molecule has 5 heteroatoms. The summed E-state index contributed by atoms with van der Waals surface area (Å²) >= 11 is 0. The molecule has 1 amide bonds. The third-order valence-electron chi connectivity index (χ3n) is 3.43. The van der Waals surface area contributed by atoms with E-state index in [0.29, 0.717) is 11.3 Å². The van der Waals surface area contributed by atoms with Gasteiger partial charge < -0.3 is 21.5 Å². The van der Waals surface area contributed by atoms with Gasteiger partial charge in [-0.05, 0) is 38.8 Å². The summed E-state index contributed by atoms with van der Waals surface area (Å²) in [4.78, 5) is 11.3. The normalized spacial score (nSPS) is 21.9. The second-order valence-electron chi connectivity index (χ2n) is 5.57. The molecule has 1 heterocycles. The Hall–Kier alpha value is -1.75. The van der Waals surface area contributed by atoms with E-state index in [-0.39, 0.29) is 11.6 Å². The Labute approximate surface area is 113 Å². The van der Waals surface area contributed by atoms with Crippen molar-refractivity contribution in [2.75, 3.05) is 17.7 Å². The topological polar surface area (TPSA) is 90.4 Å². The number of nitrogen functional groups attached to an aromatic ring is 1. The zero-order chi connectivity index (χ0) is 14.0. The van der Waals surface area contributed by atoms with E-state index < -0.39 is 5.91 Å². The van der Waals surface area contributed by atoms with Crippen LogP contribution in [0.3, 0.4) is 0 Å². The molecule has 104 valence electrons. The Morgan fingerprint density at radius 3 is 2.84 bits per heavy atom. The molecule has 1 aliphatic rings. The summed E-state index contributed by atoms with van der Waals surface area (Å²) in [6.07, 6.45) is 1.82. The first-order valence-electron chi connectivity index (χ1n) is 6.48. The van der Waals surface area contributed by atoms with Gasteiger partial charge in [0, 0.05) is 12.6 Å². The number of carbonyl (C=O) groups excluding carboxylic acids is 1. The average Bonchev–Trinajstić information content (AvgIpc) is 2.30. The van der Waals surface area contributed by atoms with Gasteiger partial charge in [0.05, 0.1) is 22.5 Å². The van der Waals surface area contributed by atoms with Crippen LogP contribution in [0.2, 0.25) is 0 Å². The van der Waals surface area contributed by atoms with Gasteiger partial charge in [0.2, 0.25) is 0 Å². The quantitative estimate of drug-likeness (QED) is 0.724. The molecule has 1 unspecified atom stereocenters. The number of primary amides is 1. The van der Waals surface area contributed by atoms with E-state index in [1.807, 2.05) is 6.07 Å². The van der Waals surface area contributed by atoms with Crippen molar-refractivity contribution in [1.82, 2.24) is 0 Å². The van der Waals surface area contributed by atoms with Crippen molar-refractivity contribution in [2.45, 2.75) is 38.3 Å². The van der Waals surface area contributed by atoms with Crippen LogP contribution in [0, 0.1) is 0 Å². The molecule has 1 aromatic rings. The molecule has 1 fully saturated rings. The van der Waals surface area contributed by atoms with Gasteiger partial charge in [-0.15, -0.1) is 0 Å². The number of hydrogen-bond donors (Lipinski definition) is 3. The van der Waals surface area contributed by atoms with Crippen LogP contribution >= 0.6 is 0 Å². The van der Waals surface area contributed by atoms with Gasteiger partial charge in [-0.3, -0.25) is 4.79 Å². The average molecular weight is 263 g/mol. The van der Waals surface area contributed by atoms with Gasteiger partial charge in [0.15, 0.2) is 0 Å². The molecule has 0 bridgehead atoms. The summed E-state index contributed by atoms with van der Waals surface area (Å²) in [6.45, 7) is 4.87. The molecule has 1 aliphatic heterocycles. The Kier molecular flexibility index (Phi) is 3.66. The smallest absolute Gasteiger partial charge is 0.250 e. The number of ether oxygens (including phenoxy) is 1. The Morgan fingerprint density at radius 2 is 2.21 bits per heavy atom. The lowest BCUT2D eigenvalue weighted by Crippen LogP contribution is -2.40. The van der Waals surface area contributed by atoms with Crippen LogP contribution in [0.25, 0.3) is 0 Å². The van der Waals surface area contributed by atoms with E-state index in [4.69, 9.17) is 16.2 Å². The minimum atomic E-state index is -0.506. The molecular formula is C14H21N3O2. The third kappa shape index (κ3) is 3.17. The Morgan fingerprint density at radius 1 is 1.47 bits per heavy atom. The van der Waals surface area contributed by atoms with Crippen molar-refractivity contribution >= 4 is 17.3 Å². The van der Waals surface area contributed by atoms with Gasteiger partial charge in [-0.25, -0.2) is 0 Å². The van der Waals surface area contributed by atoms with Crippen molar-refractivity contribution < 1.29 is 9.53 Å². The highest BCUT2D eigenvalue weighted by atomic mass is 16.5. The predicted molar refractivity (Wildman–Crippen MR) is 76.0 cm³/mol. The number of amides is 1. The number of anilines is 2. The second kappa shape index (κ2) is 5.09. The summed E-state index contributed by atoms with van der Waals surface area (Å²) < 4.78 is 5.68. The molecule has 5 nitrogen and oxygen atoms in total. The largest absolute Gasteiger partial charge is 0.396 e. The van der Waals surface area contributed by atoms with Crippen LogP contribution in [0.4, 0.5) is 11.4 Å². The van der Waals surface area contributed by atoms with E-state index in [2.05, 4.69) is 19.2 Å². The lowest BCUT2D eigenvalue weighted by Gasteiger charge is -2.36. The molecular weight excluding hydrogens is 242 g/mol. The monoisotopic (exact) mass is 263 g/mol. The van der Waals surface area contributed by atoms with Gasteiger partial charge in [-0.2, -0.15) is 0 Å². The number of hydrogen-bond acceptors (Lipinski definition) is 4. The first-order chi connectivity index (χ1) is 8.89. The van der Waals surface area contributed by atoms with Crippen molar-refractivity contribution in [3.05, 3.63) is 23.8 Å². The fourth-order valence-electron chi connectivity index (χ4n) is 2.48. The second-order valence-corrected chi connectivity index (χ2v) is 5.57. The van der Waals surface area contributed by atoms with Crippen molar-refractivity contribution in [1.29, 1.82) is 0 Å². The standard InChI is InChI=1S/C14H21N3O2/c1-14(2)8-9(6-7-19-14)17-11-5-3-4-10(12(11)15)13(16)18/h3-5,9,17H,6-8,15H2,1-2H3,(H2,16,18). The fourth-order valence-corrected chi connectivity index (χ4v) is 2.48. The molecule has 5 N–H and O–H groups in total. The first-order valence-corrected chi connectivity index (χ1v) is 6.48. The minimum absolute atomic E-state index is 0.133. The van der Waals surface area contributed by atoms with Crippen molar-refractivity contribution in [3.63, 3.8) is 0 Å². The molecule has 0 spiro atoms. The summed E-state index contributed by atoms with van der Waals surface area (Å²) in [5.74, 6) is -0.506. The van der Waals surface area contributed by atoms with Gasteiger partial charge >= 0.3 is 0 Å². The van der Waals surface area contributed by atoms with Gasteiger partial charge in [0.1, 0.15) is 0 Å². The van der Waals surface area contributed by atoms with Crippen molar-refractivity contribution in [3.8, 4) is 0 Å². The number of rotatable bonds is 3. The number of carbonyl (C=O) groups is 1. The van der Waals surface area contributed by atoms with Crippen LogP contribution in [0.5, 0.6) is 0 Å². The van der Waals surface area contributed by atoms with E-state index in [0.717, 1.165) is 25.1 Å². The number of benzene rings is 1. The number of nitrogens with two attached hydrogens (primary N) is 2. The van der Waals surface area contributed by atoms with Crippen LogP contribution in [-0.2, 0) is 4.74 Å². The SMILES string of the molecule is CC1(C)CC(Nc2cccc(C(N)=O)c2N)CCO1. The molecule has 0 saturated carbocycles. The molecule has 2 rings (SSSR count). The fraction of sp³-hybridized carbons (Fsp3) is 0.500. The van der Waals surface area contributed by atoms with E-state index in [9.17, 15) is 4.79 Å². The summed E-state index contributed by atoms with van der Waals surface area (Å²) in [6, 6.07) is 5.57. The highest BCUT2D eigenvalue weighted by molar-refractivity contribution is 6.00. The predicted octanol–water partition coefficient (Wildman–Crippen LogP) is 1.74. The molecule has 1 atom stereocenters. The molecule has 0 radical (unpaired) electrons. The number of nitrogens with one attached hydrogen (secondary N) is 1. The highest BCUT2D eigenvalue weighted by Gasteiger charge is 2.29. The molecule has 19 heavy (non-hydrogen) atoms. The van der Waals surface area contributed by atoms with Crippen molar-refractivity contribution in [2.24, 2.45) is 5.73 Å².